The monoisotopic (exact) mass is 357 g/mol. The second kappa shape index (κ2) is 7.94. The second-order valence-electron chi connectivity index (χ2n) is 4.77. The Morgan fingerprint density at radius 2 is 2.08 bits per heavy atom. The van der Waals surface area contributed by atoms with Crippen molar-refractivity contribution in [1.29, 1.82) is 0 Å². The summed E-state index contributed by atoms with van der Waals surface area (Å²) in [5.74, 6) is 1.00. The van der Waals surface area contributed by atoms with Gasteiger partial charge in [0, 0.05) is 17.1 Å². The highest BCUT2D eigenvalue weighted by Gasteiger charge is 2.09. The molecule has 7 heteroatoms. The normalized spacial score (nSPS) is 10.4. The fraction of sp³-hybridized carbons (Fsp3) is 0.118. The summed E-state index contributed by atoms with van der Waals surface area (Å²) in [6.07, 6.45) is 1.71. The predicted octanol–water partition coefficient (Wildman–Crippen LogP) is 3.94. The van der Waals surface area contributed by atoms with Crippen molar-refractivity contribution in [1.82, 2.24) is 9.97 Å². The lowest BCUT2D eigenvalue weighted by Gasteiger charge is -2.02. The van der Waals surface area contributed by atoms with Crippen LogP contribution in [0.2, 0.25) is 0 Å². The number of pyridine rings is 1. The standard InChI is InChI=1S/C17H15N3O2S2/c1-22-13-7-5-12(6-8-13)14-10-24-17(19-14)20-15(21)11-23-16-4-2-3-9-18-16/h2-10H,11H2,1H3,(H,19,20,21). The topological polar surface area (TPSA) is 64.1 Å². The summed E-state index contributed by atoms with van der Waals surface area (Å²) in [7, 11) is 1.63. The van der Waals surface area contributed by atoms with E-state index < -0.39 is 0 Å². The number of thiazole rings is 1. The third-order valence-corrected chi connectivity index (χ3v) is 4.83. The highest BCUT2D eigenvalue weighted by molar-refractivity contribution is 7.99. The van der Waals surface area contributed by atoms with Crippen molar-refractivity contribution in [2.24, 2.45) is 0 Å². The Labute approximate surface area is 148 Å². The maximum atomic E-state index is 12.0. The number of rotatable bonds is 6. The number of aromatic nitrogens is 2. The quantitative estimate of drug-likeness (QED) is 0.677. The fourth-order valence-corrected chi connectivity index (χ4v) is 3.35. The lowest BCUT2D eigenvalue weighted by molar-refractivity contribution is -0.113. The average Bonchev–Trinajstić information content (AvgIpc) is 3.09. The van der Waals surface area contributed by atoms with Crippen LogP contribution in [0, 0.1) is 0 Å². The number of anilines is 1. The van der Waals surface area contributed by atoms with Gasteiger partial charge in [-0.3, -0.25) is 4.79 Å². The molecule has 1 aromatic carbocycles. The Hall–Kier alpha value is -2.38. The van der Waals surface area contributed by atoms with Gasteiger partial charge in [0.2, 0.25) is 5.91 Å². The van der Waals surface area contributed by atoms with E-state index in [1.54, 1.807) is 13.3 Å². The number of benzene rings is 1. The van der Waals surface area contributed by atoms with E-state index in [0.29, 0.717) is 10.9 Å². The zero-order chi connectivity index (χ0) is 16.8. The van der Waals surface area contributed by atoms with Crippen LogP contribution in [-0.4, -0.2) is 28.7 Å². The van der Waals surface area contributed by atoms with Gasteiger partial charge in [-0.05, 0) is 36.4 Å². The molecule has 3 aromatic rings. The molecule has 3 rings (SSSR count). The lowest BCUT2D eigenvalue weighted by atomic mass is 10.2. The van der Waals surface area contributed by atoms with Crippen LogP contribution in [0.3, 0.4) is 0 Å². The van der Waals surface area contributed by atoms with Gasteiger partial charge in [-0.25, -0.2) is 9.97 Å². The highest BCUT2D eigenvalue weighted by Crippen LogP contribution is 2.26. The average molecular weight is 357 g/mol. The van der Waals surface area contributed by atoms with Crippen molar-refractivity contribution < 1.29 is 9.53 Å². The van der Waals surface area contributed by atoms with E-state index in [4.69, 9.17) is 4.74 Å². The summed E-state index contributed by atoms with van der Waals surface area (Å²) in [6.45, 7) is 0. The van der Waals surface area contributed by atoms with Crippen LogP contribution in [0.5, 0.6) is 5.75 Å². The summed E-state index contributed by atoms with van der Waals surface area (Å²) in [4.78, 5) is 20.6. The van der Waals surface area contributed by atoms with Gasteiger partial charge in [0.25, 0.3) is 0 Å². The minimum atomic E-state index is -0.0960. The highest BCUT2D eigenvalue weighted by atomic mass is 32.2. The van der Waals surface area contributed by atoms with Crippen molar-refractivity contribution in [3.05, 3.63) is 54.0 Å². The van der Waals surface area contributed by atoms with E-state index in [1.807, 2.05) is 47.8 Å². The van der Waals surface area contributed by atoms with Crippen molar-refractivity contribution in [2.75, 3.05) is 18.2 Å². The Bertz CT molecular complexity index is 804. The molecule has 0 unspecified atom stereocenters. The van der Waals surface area contributed by atoms with E-state index in [-0.39, 0.29) is 5.91 Å². The summed E-state index contributed by atoms with van der Waals surface area (Å²) in [6, 6.07) is 13.3. The molecule has 0 saturated heterocycles. The van der Waals surface area contributed by atoms with Gasteiger partial charge in [0.1, 0.15) is 5.75 Å². The summed E-state index contributed by atoms with van der Waals surface area (Å²) < 4.78 is 5.14. The maximum Gasteiger partial charge on any atom is 0.236 e. The van der Waals surface area contributed by atoms with Crippen molar-refractivity contribution >= 4 is 34.1 Å². The molecule has 0 aliphatic carbocycles. The molecule has 2 aromatic heterocycles. The molecule has 5 nitrogen and oxygen atoms in total. The van der Waals surface area contributed by atoms with Gasteiger partial charge >= 0.3 is 0 Å². The maximum absolute atomic E-state index is 12.0. The van der Waals surface area contributed by atoms with E-state index >= 15 is 0 Å². The zero-order valence-corrected chi connectivity index (χ0v) is 14.6. The Morgan fingerprint density at radius 3 is 2.79 bits per heavy atom. The number of nitrogens with zero attached hydrogens (tertiary/aromatic N) is 2. The number of nitrogens with one attached hydrogen (secondary N) is 1. The first-order chi connectivity index (χ1) is 11.7. The van der Waals surface area contributed by atoms with Crippen LogP contribution >= 0.6 is 23.1 Å². The molecule has 0 fully saturated rings. The van der Waals surface area contributed by atoms with E-state index in [1.165, 1.54) is 23.1 Å². The number of methoxy groups -OCH3 is 1. The van der Waals surface area contributed by atoms with Crippen LogP contribution in [0.15, 0.2) is 59.1 Å². The number of carbonyl (C=O) groups is 1. The molecule has 0 aliphatic rings. The van der Waals surface area contributed by atoms with Gasteiger partial charge < -0.3 is 10.1 Å². The Morgan fingerprint density at radius 1 is 1.25 bits per heavy atom. The van der Waals surface area contributed by atoms with Crippen LogP contribution in [0.4, 0.5) is 5.13 Å². The smallest absolute Gasteiger partial charge is 0.236 e. The summed E-state index contributed by atoms with van der Waals surface area (Å²) >= 11 is 2.80. The molecular formula is C17H15N3O2S2. The van der Waals surface area contributed by atoms with Crippen molar-refractivity contribution in [3.63, 3.8) is 0 Å². The van der Waals surface area contributed by atoms with Crippen LogP contribution in [0.1, 0.15) is 0 Å². The van der Waals surface area contributed by atoms with Crippen molar-refractivity contribution in [2.45, 2.75) is 5.03 Å². The molecule has 1 amide bonds. The van der Waals surface area contributed by atoms with Gasteiger partial charge in [0.15, 0.2) is 5.13 Å². The van der Waals surface area contributed by atoms with Crippen LogP contribution in [0.25, 0.3) is 11.3 Å². The summed E-state index contributed by atoms with van der Waals surface area (Å²) in [5, 5.41) is 6.15. The number of hydrogen-bond donors (Lipinski definition) is 1. The number of carbonyl (C=O) groups excluding carboxylic acids is 1. The molecule has 1 N–H and O–H groups in total. The minimum Gasteiger partial charge on any atom is -0.497 e. The largest absolute Gasteiger partial charge is 0.497 e. The molecule has 0 bridgehead atoms. The first-order valence-corrected chi connectivity index (χ1v) is 9.05. The fourth-order valence-electron chi connectivity index (χ4n) is 1.95. The van der Waals surface area contributed by atoms with E-state index in [2.05, 4.69) is 15.3 Å². The first kappa shape index (κ1) is 16.5. The van der Waals surface area contributed by atoms with Gasteiger partial charge in [0.05, 0.1) is 23.6 Å². The van der Waals surface area contributed by atoms with Crippen molar-refractivity contribution in [3.8, 4) is 17.0 Å². The number of ether oxygens (including phenoxy) is 1. The van der Waals surface area contributed by atoms with Crippen LogP contribution < -0.4 is 10.1 Å². The summed E-state index contributed by atoms with van der Waals surface area (Å²) in [5.41, 5.74) is 1.81. The SMILES string of the molecule is COc1ccc(-c2csc(NC(=O)CSc3ccccn3)n2)cc1. The molecule has 24 heavy (non-hydrogen) atoms. The molecule has 0 aliphatic heterocycles. The third kappa shape index (κ3) is 4.33. The molecule has 122 valence electrons. The lowest BCUT2D eigenvalue weighted by Crippen LogP contribution is -2.13. The van der Waals surface area contributed by atoms with Gasteiger partial charge in [-0.1, -0.05) is 17.8 Å². The third-order valence-electron chi connectivity index (χ3n) is 3.13. The number of thioether (sulfide) groups is 1. The predicted molar refractivity (Wildman–Crippen MR) is 97.7 cm³/mol. The van der Waals surface area contributed by atoms with Gasteiger partial charge in [-0.15, -0.1) is 11.3 Å². The number of hydrogen-bond acceptors (Lipinski definition) is 6. The molecule has 2 heterocycles. The molecule has 0 radical (unpaired) electrons. The Kier molecular flexibility index (Phi) is 5.45. The molecule has 0 spiro atoms. The Balaban J connectivity index is 1.58. The molecule has 0 atom stereocenters. The van der Waals surface area contributed by atoms with E-state index in [0.717, 1.165) is 22.0 Å². The molecular weight excluding hydrogens is 342 g/mol. The zero-order valence-electron chi connectivity index (χ0n) is 12.9. The first-order valence-electron chi connectivity index (χ1n) is 7.18. The number of amides is 1. The minimum absolute atomic E-state index is 0.0960. The second-order valence-corrected chi connectivity index (χ2v) is 6.62. The van der Waals surface area contributed by atoms with E-state index in [9.17, 15) is 4.79 Å². The van der Waals surface area contributed by atoms with Gasteiger partial charge in [-0.2, -0.15) is 0 Å². The van der Waals surface area contributed by atoms with Crippen LogP contribution in [-0.2, 0) is 4.79 Å². The molecule has 0 saturated carbocycles.